The van der Waals surface area contributed by atoms with Crippen molar-refractivity contribution in [3.8, 4) is 0 Å². The average Bonchev–Trinajstić information content (AvgIpc) is 2.37. The Morgan fingerprint density at radius 1 is 1.47 bits per heavy atom. The first-order valence-corrected chi connectivity index (χ1v) is 6.80. The molecule has 1 aliphatic rings. The molecule has 0 spiro atoms. The topological polar surface area (TPSA) is 36.4 Å². The molecule has 1 aliphatic heterocycles. The molecule has 1 aromatic rings. The molecule has 0 bridgehead atoms. The molecule has 94 valence electrons. The van der Waals surface area contributed by atoms with Crippen LogP contribution in [0.4, 0.5) is 5.82 Å². The lowest BCUT2D eigenvalue weighted by Crippen LogP contribution is -2.33. The maximum atomic E-state index is 9.88. The number of nitrogens with zero attached hydrogens (tertiary/aromatic N) is 2. The van der Waals surface area contributed by atoms with Gasteiger partial charge in [0.25, 0.3) is 0 Å². The summed E-state index contributed by atoms with van der Waals surface area (Å²) in [5, 5.41) is 9.88. The minimum Gasteiger partial charge on any atom is -0.393 e. The van der Waals surface area contributed by atoms with E-state index in [0.717, 1.165) is 36.2 Å². The van der Waals surface area contributed by atoms with Crippen LogP contribution in [-0.4, -0.2) is 29.3 Å². The van der Waals surface area contributed by atoms with Crippen molar-refractivity contribution in [2.75, 3.05) is 18.0 Å². The van der Waals surface area contributed by atoms with Gasteiger partial charge in [0.1, 0.15) is 5.82 Å². The molecule has 0 saturated carbocycles. The van der Waals surface area contributed by atoms with Gasteiger partial charge in [-0.3, -0.25) is 0 Å². The Kier molecular flexibility index (Phi) is 3.73. The Morgan fingerprint density at radius 2 is 2.24 bits per heavy atom. The van der Waals surface area contributed by atoms with Crippen molar-refractivity contribution in [3.05, 3.63) is 22.8 Å². The van der Waals surface area contributed by atoms with E-state index < -0.39 is 0 Å². The Hall–Kier alpha value is -0.610. The van der Waals surface area contributed by atoms with Crippen LogP contribution in [0.25, 0.3) is 0 Å². The second kappa shape index (κ2) is 4.94. The Morgan fingerprint density at radius 3 is 2.88 bits per heavy atom. The lowest BCUT2D eigenvalue weighted by molar-refractivity contribution is 0.123. The number of halogens is 1. The zero-order chi connectivity index (χ0) is 12.5. The fourth-order valence-corrected chi connectivity index (χ4v) is 2.69. The highest BCUT2D eigenvalue weighted by atomic mass is 79.9. The van der Waals surface area contributed by atoms with Crippen molar-refractivity contribution in [1.82, 2.24) is 4.98 Å². The summed E-state index contributed by atoms with van der Waals surface area (Å²) in [6.07, 6.45) is 3.32. The molecule has 1 N–H and O–H groups in total. The van der Waals surface area contributed by atoms with Gasteiger partial charge in [0.15, 0.2) is 0 Å². The van der Waals surface area contributed by atoms with E-state index in [9.17, 15) is 5.11 Å². The number of aliphatic hydroxyl groups is 1. The van der Waals surface area contributed by atoms with Gasteiger partial charge >= 0.3 is 0 Å². The van der Waals surface area contributed by atoms with E-state index in [1.165, 1.54) is 0 Å². The largest absolute Gasteiger partial charge is 0.393 e. The quantitative estimate of drug-likeness (QED) is 0.866. The summed E-state index contributed by atoms with van der Waals surface area (Å²) in [4.78, 5) is 6.70. The van der Waals surface area contributed by atoms with E-state index in [4.69, 9.17) is 0 Å². The maximum Gasteiger partial charge on any atom is 0.128 e. The van der Waals surface area contributed by atoms with Gasteiger partial charge in [0, 0.05) is 23.8 Å². The molecule has 2 heterocycles. The summed E-state index contributed by atoms with van der Waals surface area (Å²) < 4.78 is 0.996. The number of aliphatic hydroxyl groups excluding tert-OH is 1. The average molecular weight is 299 g/mol. The van der Waals surface area contributed by atoms with Crippen molar-refractivity contribution >= 4 is 21.7 Å². The first-order valence-electron chi connectivity index (χ1n) is 6.01. The normalized spacial score (nSPS) is 24.5. The van der Waals surface area contributed by atoms with E-state index in [1.54, 1.807) is 0 Å². The van der Waals surface area contributed by atoms with Crippen LogP contribution in [0.5, 0.6) is 0 Å². The van der Waals surface area contributed by atoms with Crippen molar-refractivity contribution in [1.29, 1.82) is 0 Å². The zero-order valence-electron chi connectivity index (χ0n) is 10.4. The summed E-state index contributed by atoms with van der Waals surface area (Å²) in [7, 11) is 0. The van der Waals surface area contributed by atoms with Crippen molar-refractivity contribution in [2.24, 2.45) is 5.41 Å². The fraction of sp³-hybridized carbons (Fsp3) is 0.615. The molecule has 1 atom stereocenters. The molecule has 17 heavy (non-hydrogen) atoms. The van der Waals surface area contributed by atoms with Gasteiger partial charge in [0.2, 0.25) is 0 Å². The van der Waals surface area contributed by atoms with Gasteiger partial charge < -0.3 is 10.0 Å². The standard InChI is InChI=1S/C13H19BrN2O/c1-13(2)7-11(17)5-6-16(9-13)12-4-3-10(14)8-15-12/h3-4,8,11,17H,5-7,9H2,1-2H3. The molecule has 0 amide bonds. The molecule has 0 aromatic carbocycles. The summed E-state index contributed by atoms with van der Waals surface area (Å²) in [5.74, 6) is 0.996. The molecule has 2 rings (SSSR count). The van der Waals surface area contributed by atoms with Crippen LogP contribution in [0.2, 0.25) is 0 Å². The lowest BCUT2D eigenvalue weighted by Gasteiger charge is -2.30. The second-order valence-corrected chi connectivity index (χ2v) is 6.48. The SMILES string of the molecule is CC1(C)CC(O)CCN(c2ccc(Br)cn2)C1. The third-order valence-electron chi connectivity index (χ3n) is 3.18. The predicted octanol–water partition coefficient (Wildman–Crippen LogP) is 2.83. The fourth-order valence-electron chi connectivity index (χ4n) is 2.46. The second-order valence-electron chi connectivity index (χ2n) is 5.57. The minimum absolute atomic E-state index is 0.130. The molecule has 0 aliphatic carbocycles. The highest BCUT2D eigenvalue weighted by Crippen LogP contribution is 2.30. The molecule has 4 heteroatoms. The van der Waals surface area contributed by atoms with E-state index in [0.29, 0.717) is 0 Å². The minimum atomic E-state index is -0.189. The Labute approximate surface area is 111 Å². The molecule has 1 saturated heterocycles. The Balaban J connectivity index is 2.17. The summed E-state index contributed by atoms with van der Waals surface area (Å²) >= 11 is 3.40. The summed E-state index contributed by atoms with van der Waals surface area (Å²) in [6, 6.07) is 4.04. The molecular weight excluding hydrogens is 280 g/mol. The summed E-state index contributed by atoms with van der Waals surface area (Å²) in [5.41, 5.74) is 0.130. The third kappa shape index (κ3) is 3.42. The number of hydrogen-bond donors (Lipinski definition) is 1. The van der Waals surface area contributed by atoms with Gasteiger partial charge in [-0.15, -0.1) is 0 Å². The molecule has 1 fully saturated rings. The van der Waals surface area contributed by atoms with E-state index in [-0.39, 0.29) is 11.5 Å². The van der Waals surface area contributed by atoms with Crippen LogP contribution >= 0.6 is 15.9 Å². The lowest BCUT2D eigenvalue weighted by atomic mass is 9.87. The van der Waals surface area contributed by atoms with E-state index in [2.05, 4.69) is 39.7 Å². The van der Waals surface area contributed by atoms with Crippen LogP contribution in [0.3, 0.4) is 0 Å². The van der Waals surface area contributed by atoms with Crippen molar-refractivity contribution < 1.29 is 5.11 Å². The smallest absolute Gasteiger partial charge is 0.128 e. The Bertz CT molecular complexity index is 378. The molecular formula is C13H19BrN2O. The molecule has 1 unspecified atom stereocenters. The van der Waals surface area contributed by atoms with Crippen LogP contribution in [0, 0.1) is 5.41 Å². The van der Waals surface area contributed by atoms with Crippen LogP contribution < -0.4 is 4.90 Å². The predicted molar refractivity (Wildman–Crippen MR) is 73.2 cm³/mol. The monoisotopic (exact) mass is 298 g/mol. The van der Waals surface area contributed by atoms with Crippen LogP contribution in [0.15, 0.2) is 22.8 Å². The summed E-state index contributed by atoms with van der Waals surface area (Å²) in [6.45, 7) is 6.22. The van der Waals surface area contributed by atoms with Crippen molar-refractivity contribution in [2.45, 2.75) is 32.8 Å². The van der Waals surface area contributed by atoms with Gasteiger partial charge in [0.05, 0.1) is 6.10 Å². The first kappa shape index (κ1) is 12.8. The van der Waals surface area contributed by atoms with Gasteiger partial charge in [-0.1, -0.05) is 13.8 Å². The molecule has 1 aromatic heterocycles. The number of aromatic nitrogens is 1. The van der Waals surface area contributed by atoms with Crippen LogP contribution in [-0.2, 0) is 0 Å². The van der Waals surface area contributed by atoms with Gasteiger partial charge in [-0.05, 0) is 46.3 Å². The van der Waals surface area contributed by atoms with E-state index >= 15 is 0 Å². The third-order valence-corrected chi connectivity index (χ3v) is 3.64. The zero-order valence-corrected chi connectivity index (χ0v) is 11.9. The highest BCUT2D eigenvalue weighted by Gasteiger charge is 2.29. The maximum absolute atomic E-state index is 9.88. The van der Waals surface area contributed by atoms with Gasteiger partial charge in [-0.2, -0.15) is 0 Å². The molecule has 3 nitrogen and oxygen atoms in total. The number of anilines is 1. The first-order chi connectivity index (χ1) is 7.96. The number of rotatable bonds is 1. The highest BCUT2D eigenvalue weighted by molar-refractivity contribution is 9.10. The van der Waals surface area contributed by atoms with Gasteiger partial charge in [-0.25, -0.2) is 4.98 Å². The van der Waals surface area contributed by atoms with Crippen molar-refractivity contribution in [3.63, 3.8) is 0 Å². The number of hydrogen-bond acceptors (Lipinski definition) is 3. The number of pyridine rings is 1. The van der Waals surface area contributed by atoms with Crippen LogP contribution in [0.1, 0.15) is 26.7 Å². The molecule has 0 radical (unpaired) electrons. The van der Waals surface area contributed by atoms with E-state index in [1.807, 2.05) is 18.3 Å².